The van der Waals surface area contributed by atoms with Crippen LogP contribution in [0.3, 0.4) is 0 Å². The molecule has 2 rings (SSSR count). The second kappa shape index (κ2) is 8.14. The molecule has 0 saturated carbocycles. The van der Waals surface area contributed by atoms with E-state index < -0.39 is 0 Å². The molecule has 0 bridgehead atoms. The molecule has 4 nitrogen and oxygen atoms in total. The van der Waals surface area contributed by atoms with E-state index >= 15 is 0 Å². The largest absolute Gasteiger partial charge is 0.497 e. The molecular weight excluding hydrogens is 294 g/mol. The molecule has 2 aromatic carbocycles. The lowest BCUT2D eigenvalue weighted by atomic mass is 10.1. The summed E-state index contributed by atoms with van der Waals surface area (Å²) in [5.74, 6) is 0.819. The Kier molecular flexibility index (Phi) is 5.91. The Bertz CT molecular complexity index is 626. The third-order valence-electron chi connectivity index (χ3n) is 3.14. The van der Waals surface area contributed by atoms with Crippen LogP contribution >= 0.6 is 12.2 Å². The van der Waals surface area contributed by atoms with Crippen LogP contribution in [0.4, 0.5) is 0 Å². The van der Waals surface area contributed by atoms with E-state index in [4.69, 9.17) is 17.0 Å². The van der Waals surface area contributed by atoms with Crippen LogP contribution in [0.1, 0.15) is 24.1 Å². The zero-order valence-corrected chi connectivity index (χ0v) is 13.4. The normalized spacial score (nSPS) is 11.9. The fourth-order valence-corrected chi connectivity index (χ4v) is 2.14. The number of thiocarbonyl (C=S) groups is 1. The van der Waals surface area contributed by atoms with Gasteiger partial charge in [-0.25, -0.2) is 0 Å². The van der Waals surface area contributed by atoms with Crippen molar-refractivity contribution in [3.63, 3.8) is 0 Å². The van der Waals surface area contributed by atoms with Crippen LogP contribution < -0.4 is 15.5 Å². The lowest BCUT2D eigenvalue weighted by molar-refractivity contribution is 0.415. The maximum Gasteiger partial charge on any atom is 0.187 e. The smallest absolute Gasteiger partial charge is 0.187 e. The van der Waals surface area contributed by atoms with Gasteiger partial charge in [0.2, 0.25) is 0 Å². The van der Waals surface area contributed by atoms with Crippen molar-refractivity contribution in [3.05, 3.63) is 65.7 Å². The van der Waals surface area contributed by atoms with Crippen molar-refractivity contribution >= 4 is 23.5 Å². The molecule has 0 spiro atoms. The van der Waals surface area contributed by atoms with E-state index in [0.29, 0.717) is 5.11 Å². The van der Waals surface area contributed by atoms with Gasteiger partial charge < -0.3 is 10.1 Å². The van der Waals surface area contributed by atoms with E-state index in [1.807, 2.05) is 42.5 Å². The molecule has 0 aliphatic heterocycles. The number of benzene rings is 2. The van der Waals surface area contributed by atoms with Crippen molar-refractivity contribution in [2.45, 2.75) is 13.0 Å². The number of nitrogens with one attached hydrogen (secondary N) is 2. The van der Waals surface area contributed by atoms with Crippen molar-refractivity contribution in [2.75, 3.05) is 7.11 Å². The minimum Gasteiger partial charge on any atom is -0.497 e. The van der Waals surface area contributed by atoms with Crippen LogP contribution in [0.5, 0.6) is 5.75 Å². The molecule has 2 aromatic rings. The highest BCUT2D eigenvalue weighted by Gasteiger charge is 2.05. The van der Waals surface area contributed by atoms with E-state index in [2.05, 4.69) is 34.9 Å². The van der Waals surface area contributed by atoms with Gasteiger partial charge in [-0.15, -0.1) is 0 Å². The zero-order valence-electron chi connectivity index (χ0n) is 12.6. The molecule has 0 aliphatic rings. The Morgan fingerprint density at radius 3 is 2.45 bits per heavy atom. The van der Waals surface area contributed by atoms with E-state index in [0.717, 1.165) is 11.3 Å². The van der Waals surface area contributed by atoms with Gasteiger partial charge in [0.15, 0.2) is 5.11 Å². The number of rotatable bonds is 5. The number of hydrogen-bond acceptors (Lipinski definition) is 3. The van der Waals surface area contributed by atoms with Crippen molar-refractivity contribution < 1.29 is 4.74 Å². The van der Waals surface area contributed by atoms with Crippen LogP contribution in [0, 0.1) is 0 Å². The maximum atomic E-state index is 5.23. The molecular formula is C17H19N3OS. The summed E-state index contributed by atoms with van der Waals surface area (Å²) in [5.41, 5.74) is 4.96. The van der Waals surface area contributed by atoms with Crippen molar-refractivity contribution in [2.24, 2.45) is 5.10 Å². The number of nitrogens with zero attached hydrogens (tertiary/aromatic N) is 1. The first-order chi connectivity index (χ1) is 10.7. The third-order valence-corrected chi connectivity index (χ3v) is 3.35. The summed E-state index contributed by atoms with van der Waals surface area (Å²) in [4.78, 5) is 0. The molecule has 114 valence electrons. The summed E-state index contributed by atoms with van der Waals surface area (Å²) in [7, 11) is 1.64. The fourth-order valence-electron chi connectivity index (χ4n) is 1.91. The standard InChI is InChI=1S/C17H19N3OS/c1-13(15-6-4-3-5-7-15)19-17(22)20-18-12-14-8-10-16(21-2)11-9-14/h3-13H,1-2H3,(H2,19,20,22)/b18-12+/t13-/m0/s1. The molecule has 22 heavy (non-hydrogen) atoms. The average Bonchev–Trinajstić information content (AvgIpc) is 2.56. The molecule has 0 fully saturated rings. The number of hydrazone groups is 1. The fraction of sp³-hybridized carbons (Fsp3) is 0.176. The van der Waals surface area contributed by atoms with Crippen molar-refractivity contribution in [3.8, 4) is 5.75 Å². The van der Waals surface area contributed by atoms with Gasteiger partial charge in [-0.3, -0.25) is 5.43 Å². The molecule has 5 heteroatoms. The first-order valence-corrected chi connectivity index (χ1v) is 7.38. The van der Waals surface area contributed by atoms with E-state index in [1.165, 1.54) is 5.56 Å². The van der Waals surface area contributed by atoms with Crippen LogP contribution in [-0.2, 0) is 0 Å². The Morgan fingerprint density at radius 1 is 1.14 bits per heavy atom. The molecule has 0 aromatic heterocycles. The minimum atomic E-state index is 0.123. The maximum absolute atomic E-state index is 5.23. The van der Waals surface area contributed by atoms with Gasteiger partial charge in [-0.1, -0.05) is 30.3 Å². The topological polar surface area (TPSA) is 45.6 Å². The summed E-state index contributed by atoms with van der Waals surface area (Å²) >= 11 is 5.23. The first kappa shape index (κ1) is 16.0. The predicted octanol–water partition coefficient (Wildman–Crippen LogP) is 3.25. The number of methoxy groups -OCH3 is 1. The third kappa shape index (κ3) is 4.86. The SMILES string of the molecule is COc1ccc(/C=N/NC(=S)N[C@@H](C)c2ccccc2)cc1. The second-order valence-electron chi connectivity index (χ2n) is 4.75. The van der Waals surface area contributed by atoms with Crippen molar-refractivity contribution in [1.82, 2.24) is 10.7 Å². The van der Waals surface area contributed by atoms with Gasteiger partial charge in [0.1, 0.15) is 5.75 Å². The Labute approximate surface area is 136 Å². The van der Waals surface area contributed by atoms with Gasteiger partial charge in [0, 0.05) is 0 Å². The predicted molar refractivity (Wildman–Crippen MR) is 94.3 cm³/mol. The highest BCUT2D eigenvalue weighted by atomic mass is 32.1. The summed E-state index contributed by atoms with van der Waals surface area (Å²) < 4.78 is 5.11. The average molecular weight is 313 g/mol. The lowest BCUT2D eigenvalue weighted by Crippen LogP contribution is -2.34. The Balaban J connectivity index is 1.83. The highest BCUT2D eigenvalue weighted by Crippen LogP contribution is 2.11. The monoisotopic (exact) mass is 313 g/mol. The van der Waals surface area contributed by atoms with Crippen molar-refractivity contribution in [1.29, 1.82) is 0 Å². The second-order valence-corrected chi connectivity index (χ2v) is 5.16. The summed E-state index contributed by atoms with van der Waals surface area (Å²) in [6, 6.07) is 17.9. The van der Waals surface area contributed by atoms with Gasteiger partial charge in [-0.2, -0.15) is 5.10 Å². The zero-order chi connectivity index (χ0) is 15.8. The molecule has 0 aliphatic carbocycles. The molecule has 0 unspecified atom stereocenters. The Morgan fingerprint density at radius 2 is 1.82 bits per heavy atom. The summed E-state index contributed by atoms with van der Waals surface area (Å²) in [5, 5.41) is 7.80. The molecule has 0 heterocycles. The van der Waals surface area contributed by atoms with E-state index in [-0.39, 0.29) is 6.04 Å². The molecule has 0 radical (unpaired) electrons. The summed E-state index contributed by atoms with van der Waals surface area (Å²) in [6.07, 6.45) is 1.71. The molecule has 2 N–H and O–H groups in total. The van der Waals surface area contributed by atoms with Crippen LogP contribution in [0.2, 0.25) is 0 Å². The van der Waals surface area contributed by atoms with Gasteiger partial charge in [-0.05, 0) is 54.5 Å². The van der Waals surface area contributed by atoms with Gasteiger partial charge in [0.25, 0.3) is 0 Å². The first-order valence-electron chi connectivity index (χ1n) is 6.97. The van der Waals surface area contributed by atoms with Gasteiger partial charge in [0.05, 0.1) is 19.4 Å². The Hall–Kier alpha value is -2.40. The van der Waals surface area contributed by atoms with E-state index in [1.54, 1.807) is 13.3 Å². The number of hydrogen-bond donors (Lipinski definition) is 2. The van der Waals surface area contributed by atoms with Crippen LogP contribution in [-0.4, -0.2) is 18.4 Å². The van der Waals surface area contributed by atoms with E-state index in [9.17, 15) is 0 Å². The lowest BCUT2D eigenvalue weighted by Gasteiger charge is -2.15. The van der Waals surface area contributed by atoms with Crippen LogP contribution in [0.25, 0.3) is 0 Å². The minimum absolute atomic E-state index is 0.123. The number of ether oxygens (including phenoxy) is 1. The molecule has 1 atom stereocenters. The highest BCUT2D eigenvalue weighted by molar-refractivity contribution is 7.80. The molecule has 0 saturated heterocycles. The van der Waals surface area contributed by atoms with Crippen LogP contribution in [0.15, 0.2) is 59.7 Å². The summed E-state index contributed by atoms with van der Waals surface area (Å²) in [6.45, 7) is 2.05. The van der Waals surface area contributed by atoms with Gasteiger partial charge >= 0.3 is 0 Å². The quantitative estimate of drug-likeness (QED) is 0.505. The molecule has 0 amide bonds.